The van der Waals surface area contributed by atoms with E-state index in [-0.39, 0.29) is 10.9 Å². The number of rotatable bonds is 4. The molecule has 1 heterocycles. The zero-order chi connectivity index (χ0) is 19.3. The first-order chi connectivity index (χ1) is 12.2. The van der Waals surface area contributed by atoms with Crippen molar-refractivity contribution in [3.8, 4) is 5.75 Å². The monoisotopic (exact) mass is 395 g/mol. The molecule has 26 heavy (non-hydrogen) atoms. The van der Waals surface area contributed by atoms with E-state index in [1.807, 2.05) is 45.9 Å². The summed E-state index contributed by atoms with van der Waals surface area (Å²) in [6.07, 6.45) is 1.50. The van der Waals surface area contributed by atoms with E-state index < -0.39 is 17.2 Å². The van der Waals surface area contributed by atoms with Gasteiger partial charge in [-0.3, -0.25) is 4.79 Å². The minimum atomic E-state index is -1.29. The van der Waals surface area contributed by atoms with E-state index in [9.17, 15) is 9.90 Å². The first-order valence-electron chi connectivity index (χ1n) is 8.76. The number of hydrogen-bond donors (Lipinski definition) is 2. The number of hydrogen-bond acceptors (Lipinski definition) is 3. The Morgan fingerprint density at radius 3 is 2.50 bits per heavy atom. The lowest BCUT2D eigenvalue weighted by molar-refractivity contribution is -0.174. The van der Waals surface area contributed by atoms with Gasteiger partial charge in [0.2, 0.25) is 5.60 Å². The maximum atomic E-state index is 12.7. The number of β-lactam (4-membered cyclic amide) rings is 1. The Balaban J connectivity index is 2.09. The molecule has 2 N–H and O–H groups in total. The van der Waals surface area contributed by atoms with E-state index in [1.165, 1.54) is 0 Å². The second-order valence-electron chi connectivity index (χ2n) is 6.95. The van der Waals surface area contributed by atoms with Crippen LogP contribution < -0.4 is 10.1 Å². The molecule has 1 aliphatic heterocycles. The molecule has 0 aromatic heterocycles. The Hall–Kier alpha value is -1.49. The van der Waals surface area contributed by atoms with Crippen LogP contribution in [0.15, 0.2) is 39.9 Å². The van der Waals surface area contributed by atoms with Crippen molar-refractivity contribution >= 4 is 29.1 Å². The van der Waals surface area contributed by atoms with Crippen LogP contribution in [0.5, 0.6) is 5.75 Å². The van der Waals surface area contributed by atoms with Crippen LogP contribution in [-0.4, -0.2) is 28.3 Å². The molecular weight excluding hydrogens is 373 g/mol. The molecular formula is C20H23Cl2NO3. The normalized spacial score (nSPS) is 30.8. The highest BCUT2D eigenvalue weighted by Gasteiger charge is 2.71. The van der Waals surface area contributed by atoms with E-state index in [4.69, 9.17) is 27.9 Å². The lowest BCUT2D eigenvalue weighted by Gasteiger charge is -2.58. The van der Waals surface area contributed by atoms with Gasteiger partial charge in [0, 0.05) is 5.03 Å². The van der Waals surface area contributed by atoms with E-state index in [0.29, 0.717) is 29.2 Å². The van der Waals surface area contributed by atoms with Crippen molar-refractivity contribution < 1.29 is 14.6 Å². The topological polar surface area (TPSA) is 58.6 Å². The zero-order valence-electron chi connectivity index (χ0n) is 15.3. The van der Waals surface area contributed by atoms with Crippen molar-refractivity contribution in [2.45, 2.75) is 57.8 Å². The van der Waals surface area contributed by atoms with Crippen molar-refractivity contribution in [2.24, 2.45) is 0 Å². The maximum absolute atomic E-state index is 12.7. The second-order valence-corrected chi connectivity index (χ2v) is 7.76. The number of allylic oxidation sites excluding steroid dienone is 2. The van der Waals surface area contributed by atoms with Gasteiger partial charge in [0.05, 0.1) is 5.03 Å². The van der Waals surface area contributed by atoms with Crippen molar-refractivity contribution in [2.75, 3.05) is 0 Å². The molecule has 1 amide bonds. The van der Waals surface area contributed by atoms with E-state index in [2.05, 4.69) is 5.32 Å². The van der Waals surface area contributed by atoms with Crippen LogP contribution >= 0.6 is 23.2 Å². The van der Waals surface area contributed by atoms with E-state index in [1.54, 1.807) is 6.08 Å². The fraction of sp³-hybridized carbons (Fsp3) is 0.450. The van der Waals surface area contributed by atoms with Crippen LogP contribution in [0.1, 0.15) is 37.8 Å². The summed E-state index contributed by atoms with van der Waals surface area (Å²) in [6, 6.07) is 5.76. The molecule has 3 rings (SSSR count). The van der Waals surface area contributed by atoms with Gasteiger partial charge in [0.25, 0.3) is 5.91 Å². The smallest absolute Gasteiger partial charge is 0.268 e. The van der Waals surface area contributed by atoms with Crippen LogP contribution in [0.2, 0.25) is 0 Å². The first-order valence-corrected chi connectivity index (χ1v) is 9.52. The van der Waals surface area contributed by atoms with Crippen molar-refractivity contribution in [3.63, 3.8) is 0 Å². The molecule has 1 aliphatic carbocycles. The van der Waals surface area contributed by atoms with Gasteiger partial charge in [-0.15, -0.1) is 0 Å². The fourth-order valence-corrected chi connectivity index (χ4v) is 4.76. The highest BCUT2D eigenvalue weighted by Crippen LogP contribution is 2.50. The fourth-order valence-electron chi connectivity index (χ4n) is 3.90. The molecule has 1 aromatic rings. The summed E-state index contributed by atoms with van der Waals surface area (Å²) in [5.74, 6) is 0.314. The van der Waals surface area contributed by atoms with Gasteiger partial charge in [-0.05, 0) is 50.0 Å². The molecule has 1 aromatic carbocycles. The SMILES string of the molecule is CCC1=C(Cl)C(O)C2(C=C1Cl)NC(=O)C2(CC)Oc1ccc(C)cc1C. The predicted octanol–water partition coefficient (Wildman–Crippen LogP) is 4.10. The lowest BCUT2D eigenvalue weighted by atomic mass is 9.64. The van der Waals surface area contributed by atoms with Gasteiger partial charge < -0.3 is 15.2 Å². The maximum Gasteiger partial charge on any atom is 0.268 e. The summed E-state index contributed by atoms with van der Waals surface area (Å²) >= 11 is 12.8. The number of aliphatic hydroxyl groups is 1. The summed E-state index contributed by atoms with van der Waals surface area (Å²) in [5, 5.41) is 14.5. The highest BCUT2D eigenvalue weighted by atomic mass is 35.5. The van der Waals surface area contributed by atoms with Crippen molar-refractivity contribution in [1.29, 1.82) is 0 Å². The molecule has 1 saturated heterocycles. The number of amides is 1. The lowest BCUT2D eigenvalue weighted by Crippen LogP contribution is -2.86. The second kappa shape index (κ2) is 6.59. The van der Waals surface area contributed by atoms with Crippen LogP contribution in [0.25, 0.3) is 0 Å². The summed E-state index contributed by atoms with van der Waals surface area (Å²) in [4.78, 5) is 12.7. The number of carbonyl (C=O) groups excluding carboxylic acids is 1. The number of nitrogens with one attached hydrogen (secondary N) is 1. The van der Waals surface area contributed by atoms with Crippen LogP contribution in [0.4, 0.5) is 0 Å². The predicted molar refractivity (Wildman–Crippen MR) is 104 cm³/mol. The van der Waals surface area contributed by atoms with Gasteiger partial charge in [-0.1, -0.05) is 54.7 Å². The molecule has 3 atom stereocenters. The summed E-state index contributed by atoms with van der Waals surface area (Å²) in [7, 11) is 0. The summed E-state index contributed by atoms with van der Waals surface area (Å²) < 4.78 is 6.26. The van der Waals surface area contributed by atoms with Gasteiger partial charge in [0.1, 0.15) is 17.4 Å². The van der Waals surface area contributed by atoms with Crippen molar-refractivity contribution in [1.82, 2.24) is 5.32 Å². The molecule has 1 fully saturated rings. The Morgan fingerprint density at radius 1 is 1.27 bits per heavy atom. The molecule has 1 spiro atoms. The average Bonchev–Trinajstić information content (AvgIpc) is 2.59. The Kier molecular flexibility index (Phi) is 4.89. The van der Waals surface area contributed by atoms with Crippen LogP contribution in [0, 0.1) is 13.8 Å². The molecule has 3 unspecified atom stereocenters. The van der Waals surface area contributed by atoms with Gasteiger partial charge >= 0.3 is 0 Å². The minimum absolute atomic E-state index is 0.252. The minimum Gasteiger partial charge on any atom is -0.474 e. The Morgan fingerprint density at radius 2 is 1.96 bits per heavy atom. The molecule has 0 saturated carbocycles. The number of benzene rings is 1. The third kappa shape index (κ3) is 2.50. The quantitative estimate of drug-likeness (QED) is 0.754. The molecule has 4 nitrogen and oxygen atoms in total. The van der Waals surface area contributed by atoms with E-state index >= 15 is 0 Å². The van der Waals surface area contributed by atoms with Crippen molar-refractivity contribution in [3.05, 3.63) is 51.0 Å². The zero-order valence-corrected chi connectivity index (χ0v) is 16.8. The van der Waals surface area contributed by atoms with Gasteiger partial charge in [0.15, 0.2) is 0 Å². The third-order valence-electron chi connectivity index (χ3n) is 5.42. The number of halogens is 2. The first kappa shape index (κ1) is 19.3. The molecule has 140 valence electrons. The van der Waals surface area contributed by atoms with E-state index in [0.717, 1.165) is 11.1 Å². The molecule has 2 aliphatic rings. The Labute approximate surface area is 163 Å². The molecule has 0 radical (unpaired) electrons. The summed E-state index contributed by atoms with van der Waals surface area (Å²) in [5.41, 5.74) is 0.232. The van der Waals surface area contributed by atoms with Crippen LogP contribution in [0.3, 0.4) is 0 Å². The molecule has 6 heteroatoms. The van der Waals surface area contributed by atoms with Crippen LogP contribution in [-0.2, 0) is 4.79 Å². The largest absolute Gasteiger partial charge is 0.474 e. The summed E-state index contributed by atoms with van der Waals surface area (Å²) in [6.45, 7) is 7.69. The standard InChI is InChI=1S/C20H23Cl2NO3/c1-5-13-14(21)10-19(17(24)16(13)22)20(6-2,18(25)23-19)26-15-8-7-11(3)9-12(15)4/h7-10,17,24H,5-6H2,1-4H3,(H,23,25). The number of aryl methyl sites for hydroxylation is 2. The third-order valence-corrected chi connectivity index (χ3v) is 6.20. The number of ether oxygens (including phenoxy) is 1. The average molecular weight is 396 g/mol. The molecule has 0 bridgehead atoms. The van der Waals surface area contributed by atoms with Gasteiger partial charge in [-0.25, -0.2) is 0 Å². The Bertz CT molecular complexity index is 832. The number of carbonyl (C=O) groups is 1. The highest BCUT2D eigenvalue weighted by molar-refractivity contribution is 6.36. The van der Waals surface area contributed by atoms with Gasteiger partial charge in [-0.2, -0.15) is 0 Å². The number of aliphatic hydroxyl groups excluding tert-OH is 1.